The van der Waals surface area contributed by atoms with Crippen LogP contribution in [0.5, 0.6) is 0 Å². The van der Waals surface area contributed by atoms with Crippen molar-refractivity contribution < 1.29 is 28.6 Å². The van der Waals surface area contributed by atoms with E-state index >= 15 is 0 Å². The van der Waals surface area contributed by atoms with E-state index in [-0.39, 0.29) is 37.5 Å². The number of carbonyl (C=O) groups excluding carboxylic acids is 3. The van der Waals surface area contributed by atoms with Gasteiger partial charge in [-0.2, -0.15) is 0 Å². The summed E-state index contributed by atoms with van der Waals surface area (Å²) in [4.78, 5) is 38.3. The SMILES string of the molecule is CC/C=C\C/C=C\C/C=C\C/C=C\C/C=C\C/C=C\CCC(=O)OCC(COC(=O)CCCCCCC/C=C\CCCCCCCCCCC)OC(=O)CCCCCCCCCCCC/C=C\C=C/CCCCC. The lowest BCUT2D eigenvalue weighted by molar-refractivity contribution is -0.166. The Labute approximate surface area is 457 Å². The van der Waals surface area contributed by atoms with E-state index in [0.29, 0.717) is 19.3 Å². The maximum Gasteiger partial charge on any atom is 0.306 e. The molecule has 0 N–H and O–H groups in total. The highest BCUT2D eigenvalue weighted by atomic mass is 16.6. The number of esters is 3. The summed E-state index contributed by atoms with van der Waals surface area (Å²) in [5.41, 5.74) is 0. The summed E-state index contributed by atoms with van der Waals surface area (Å²) in [7, 11) is 0. The van der Waals surface area contributed by atoms with Crippen LogP contribution in [0.15, 0.2) is 109 Å². The van der Waals surface area contributed by atoms with E-state index < -0.39 is 6.10 Å². The lowest BCUT2D eigenvalue weighted by Gasteiger charge is -2.18. The van der Waals surface area contributed by atoms with Crippen LogP contribution >= 0.6 is 0 Å². The van der Waals surface area contributed by atoms with Crippen molar-refractivity contribution in [1.82, 2.24) is 0 Å². The molecule has 0 bridgehead atoms. The van der Waals surface area contributed by atoms with Crippen molar-refractivity contribution in [2.24, 2.45) is 0 Å². The summed E-state index contributed by atoms with van der Waals surface area (Å²) in [5, 5.41) is 0. The molecule has 422 valence electrons. The van der Waals surface area contributed by atoms with Crippen LogP contribution in [0.25, 0.3) is 0 Å². The molecule has 1 unspecified atom stereocenters. The Morgan fingerprint density at radius 3 is 1.01 bits per heavy atom. The molecule has 0 amide bonds. The number of rotatable bonds is 55. The molecular formula is C68H114O6. The van der Waals surface area contributed by atoms with Crippen molar-refractivity contribution in [2.45, 2.75) is 290 Å². The van der Waals surface area contributed by atoms with Gasteiger partial charge in [0, 0.05) is 19.3 Å². The Kier molecular flexibility index (Phi) is 58.3. The largest absolute Gasteiger partial charge is 0.462 e. The molecule has 74 heavy (non-hydrogen) atoms. The number of hydrogen-bond acceptors (Lipinski definition) is 6. The highest BCUT2D eigenvalue weighted by Crippen LogP contribution is 2.15. The second-order valence-electron chi connectivity index (χ2n) is 20.3. The number of ether oxygens (including phenoxy) is 3. The molecule has 0 saturated heterocycles. The molecule has 0 heterocycles. The Morgan fingerprint density at radius 2 is 0.595 bits per heavy atom. The van der Waals surface area contributed by atoms with Crippen LogP contribution in [0.4, 0.5) is 0 Å². The zero-order valence-corrected chi connectivity index (χ0v) is 48.3. The quantitative estimate of drug-likeness (QED) is 0.0199. The second-order valence-corrected chi connectivity index (χ2v) is 20.3. The van der Waals surface area contributed by atoms with Crippen LogP contribution in [0.3, 0.4) is 0 Å². The van der Waals surface area contributed by atoms with E-state index in [1.54, 1.807) is 0 Å². The van der Waals surface area contributed by atoms with E-state index in [2.05, 4.69) is 124 Å². The van der Waals surface area contributed by atoms with Gasteiger partial charge in [-0.25, -0.2) is 0 Å². The minimum absolute atomic E-state index is 0.108. The molecule has 0 spiro atoms. The van der Waals surface area contributed by atoms with E-state index in [0.717, 1.165) is 89.9 Å². The smallest absolute Gasteiger partial charge is 0.306 e. The fraction of sp³-hybridized carbons (Fsp3) is 0.691. The van der Waals surface area contributed by atoms with Crippen LogP contribution in [-0.2, 0) is 28.6 Å². The highest BCUT2D eigenvalue weighted by Gasteiger charge is 2.19. The van der Waals surface area contributed by atoms with Crippen molar-refractivity contribution in [3.63, 3.8) is 0 Å². The summed E-state index contributed by atoms with van der Waals surface area (Å²) in [6.07, 6.45) is 83.8. The first-order chi connectivity index (χ1) is 36.5. The fourth-order valence-corrected chi connectivity index (χ4v) is 8.40. The molecule has 6 nitrogen and oxygen atoms in total. The normalized spacial score (nSPS) is 12.9. The van der Waals surface area contributed by atoms with Gasteiger partial charge in [0.1, 0.15) is 13.2 Å². The predicted molar refractivity (Wildman–Crippen MR) is 320 cm³/mol. The lowest BCUT2D eigenvalue weighted by Crippen LogP contribution is -2.30. The fourth-order valence-electron chi connectivity index (χ4n) is 8.40. The van der Waals surface area contributed by atoms with Crippen LogP contribution < -0.4 is 0 Å². The van der Waals surface area contributed by atoms with Crippen molar-refractivity contribution in [1.29, 1.82) is 0 Å². The first kappa shape index (κ1) is 70.1. The first-order valence-electron chi connectivity index (χ1n) is 30.9. The highest BCUT2D eigenvalue weighted by molar-refractivity contribution is 5.71. The Morgan fingerprint density at radius 1 is 0.297 bits per heavy atom. The van der Waals surface area contributed by atoms with Crippen molar-refractivity contribution in [2.75, 3.05) is 13.2 Å². The van der Waals surface area contributed by atoms with Gasteiger partial charge >= 0.3 is 17.9 Å². The summed E-state index contributed by atoms with van der Waals surface area (Å²) < 4.78 is 16.8. The maximum atomic E-state index is 12.9. The van der Waals surface area contributed by atoms with Crippen molar-refractivity contribution in [3.05, 3.63) is 109 Å². The van der Waals surface area contributed by atoms with E-state index in [4.69, 9.17) is 14.2 Å². The Bertz CT molecular complexity index is 1510. The van der Waals surface area contributed by atoms with Gasteiger partial charge in [0.05, 0.1) is 0 Å². The maximum absolute atomic E-state index is 12.9. The van der Waals surface area contributed by atoms with Gasteiger partial charge in [0.15, 0.2) is 6.10 Å². The van der Waals surface area contributed by atoms with Gasteiger partial charge in [0.25, 0.3) is 0 Å². The Hall–Kier alpha value is -3.93. The molecule has 0 aliphatic carbocycles. The molecule has 0 aliphatic rings. The average Bonchev–Trinajstić information content (AvgIpc) is 3.40. The molecule has 0 aliphatic heterocycles. The summed E-state index contributed by atoms with van der Waals surface area (Å²) in [6, 6.07) is 0. The third kappa shape index (κ3) is 59.0. The topological polar surface area (TPSA) is 78.9 Å². The second kappa shape index (κ2) is 61.6. The molecule has 0 fully saturated rings. The van der Waals surface area contributed by atoms with Crippen LogP contribution in [0, 0.1) is 0 Å². The van der Waals surface area contributed by atoms with Gasteiger partial charge < -0.3 is 14.2 Å². The first-order valence-corrected chi connectivity index (χ1v) is 30.9. The number of unbranched alkanes of at least 4 members (excludes halogenated alkanes) is 27. The molecule has 0 radical (unpaired) electrons. The monoisotopic (exact) mass is 1030 g/mol. The zero-order valence-electron chi connectivity index (χ0n) is 48.3. The lowest BCUT2D eigenvalue weighted by atomic mass is 10.1. The molecule has 0 rings (SSSR count). The van der Waals surface area contributed by atoms with Gasteiger partial charge in [-0.15, -0.1) is 0 Å². The summed E-state index contributed by atoms with van der Waals surface area (Å²) in [5.74, 6) is -1.00. The van der Waals surface area contributed by atoms with Gasteiger partial charge in [0.2, 0.25) is 0 Å². The van der Waals surface area contributed by atoms with Gasteiger partial charge in [-0.05, 0) is 109 Å². The average molecular weight is 1030 g/mol. The van der Waals surface area contributed by atoms with Crippen LogP contribution in [0.2, 0.25) is 0 Å². The van der Waals surface area contributed by atoms with Crippen molar-refractivity contribution in [3.8, 4) is 0 Å². The standard InChI is InChI=1S/C68H114O6/c1-4-7-10-13-16-19-22-25-28-31-34-37-40-43-46-49-52-55-58-61-67(70)73-64-65(63-72-66(69)60-57-54-51-48-45-42-39-36-33-30-27-24-21-18-15-12-9-6-3)74-68(71)62-59-56-53-50-47-44-41-38-35-32-29-26-23-20-17-14-11-8-5-2/h7,10,16-17,19-20,23,25-26,28,34,36-37,39,43,46,52,55,65H,4-6,8-9,11-15,18,21-22,24,27,29-33,35,38,40-42,44-45,47-51,53-54,56-64H2,1-3H3/b10-7-,19-16-,20-17-,26-23-,28-25-,37-34-,39-36-,46-43-,55-52-. The molecule has 0 aromatic carbocycles. The molecule has 0 aromatic rings. The van der Waals surface area contributed by atoms with E-state index in [9.17, 15) is 14.4 Å². The number of hydrogen-bond donors (Lipinski definition) is 0. The third-order valence-corrected chi connectivity index (χ3v) is 13.0. The van der Waals surface area contributed by atoms with E-state index in [1.165, 1.54) is 148 Å². The predicted octanol–water partition coefficient (Wildman–Crippen LogP) is 21.0. The number of allylic oxidation sites excluding steroid dienone is 18. The van der Waals surface area contributed by atoms with E-state index in [1.807, 2.05) is 6.08 Å². The number of carbonyl (C=O) groups is 3. The minimum atomic E-state index is -0.817. The van der Waals surface area contributed by atoms with Crippen LogP contribution in [-0.4, -0.2) is 37.2 Å². The molecule has 1 atom stereocenters. The van der Waals surface area contributed by atoms with Crippen LogP contribution in [0.1, 0.15) is 284 Å². The van der Waals surface area contributed by atoms with Gasteiger partial charge in [-0.3, -0.25) is 14.4 Å². The van der Waals surface area contributed by atoms with Crippen molar-refractivity contribution >= 4 is 17.9 Å². The molecule has 0 aromatic heterocycles. The van der Waals surface area contributed by atoms with Gasteiger partial charge in [-0.1, -0.05) is 265 Å². The molecular weight excluding hydrogens is 913 g/mol. The summed E-state index contributed by atoms with van der Waals surface area (Å²) in [6.45, 7) is 6.44. The third-order valence-electron chi connectivity index (χ3n) is 13.0. The summed E-state index contributed by atoms with van der Waals surface area (Å²) >= 11 is 0. The minimum Gasteiger partial charge on any atom is -0.462 e. The zero-order chi connectivity index (χ0) is 53.6. The Balaban J connectivity index is 4.51. The molecule has 6 heteroatoms. The molecule has 0 saturated carbocycles.